The highest BCUT2D eigenvalue weighted by atomic mass is 16.3. The summed E-state index contributed by atoms with van der Waals surface area (Å²) in [6.45, 7) is 6.73. The Kier molecular flexibility index (Phi) is 9.82. The molecule has 4 atom stereocenters. The second-order valence-electron chi connectivity index (χ2n) is 9.89. The molecule has 0 spiro atoms. The number of piperidine rings is 1. The first-order valence-electron chi connectivity index (χ1n) is 11.6. The Balaban J connectivity index is 2.14. The maximum absolute atomic E-state index is 12.9. The number of hydrogen-bond donors (Lipinski definition) is 5. The van der Waals surface area contributed by atoms with Crippen LogP contribution in [0, 0.1) is 0 Å². The number of β-amino-alcohol motifs (C(OH)–C–C–N with tert-alkyl or cyclic N) is 1. The number of primary amides is 1. The summed E-state index contributed by atoms with van der Waals surface area (Å²) in [5, 5.41) is 17.0. The molecule has 184 valence electrons. The zero-order valence-corrected chi connectivity index (χ0v) is 19.9. The third kappa shape index (κ3) is 9.11. The molecular formula is C24H39N5O4. The Bertz CT molecular complexity index is 796. The number of aliphatic hydroxyl groups excluding tert-OH is 1. The number of carbonyl (C=O) groups excluding carboxylic acids is 3. The lowest BCUT2D eigenvalue weighted by Gasteiger charge is -2.38. The summed E-state index contributed by atoms with van der Waals surface area (Å²) < 4.78 is 0. The Morgan fingerprint density at radius 3 is 2.45 bits per heavy atom. The van der Waals surface area contributed by atoms with E-state index in [1.807, 2.05) is 56.0 Å². The van der Waals surface area contributed by atoms with Gasteiger partial charge in [-0.1, -0.05) is 36.8 Å². The third-order valence-corrected chi connectivity index (χ3v) is 5.68. The van der Waals surface area contributed by atoms with Gasteiger partial charge < -0.3 is 27.2 Å². The first-order chi connectivity index (χ1) is 15.5. The van der Waals surface area contributed by atoms with E-state index in [0.717, 1.165) is 18.4 Å². The van der Waals surface area contributed by atoms with Gasteiger partial charge in [-0.2, -0.15) is 0 Å². The molecule has 1 aliphatic heterocycles. The van der Waals surface area contributed by atoms with Crippen LogP contribution in [-0.4, -0.2) is 70.6 Å². The lowest BCUT2D eigenvalue weighted by Crippen LogP contribution is -2.58. The minimum Gasteiger partial charge on any atom is -0.390 e. The lowest BCUT2D eigenvalue weighted by molar-refractivity contribution is -0.130. The molecule has 33 heavy (non-hydrogen) atoms. The quantitative estimate of drug-likeness (QED) is 0.332. The molecule has 1 fully saturated rings. The molecule has 9 heteroatoms. The average molecular weight is 462 g/mol. The fourth-order valence-electron chi connectivity index (χ4n) is 4.08. The molecule has 0 aliphatic carbocycles. The SMILES string of the molecule is CC(C)(C)NC(=O)[C@@H]1CCCCN1C[C@@H](O)[C@H](Cc1ccccc1)NC(=O)[C@@H](N)CC(N)=O. The van der Waals surface area contributed by atoms with Crippen LogP contribution in [0.4, 0.5) is 0 Å². The molecule has 0 bridgehead atoms. The molecule has 0 aromatic heterocycles. The van der Waals surface area contributed by atoms with Gasteiger partial charge in [0.2, 0.25) is 17.7 Å². The van der Waals surface area contributed by atoms with Gasteiger partial charge in [0, 0.05) is 12.1 Å². The van der Waals surface area contributed by atoms with Crippen LogP contribution in [0.3, 0.4) is 0 Å². The zero-order chi connectivity index (χ0) is 24.6. The normalized spacial score (nSPS) is 19.8. The molecule has 3 amide bonds. The minimum absolute atomic E-state index is 0.0541. The minimum atomic E-state index is -1.09. The number of nitrogens with zero attached hydrogens (tertiary/aromatic N) is 1. The fraction of sp³-hybridized carbons (Fsp3) is 0.625. The summed E-state index contributed by atoms with van der Waals surface area (Å²) in [5.74, 6) is -1.27. The molecule has 1 heterocycles. The van der Waals surface area contributed by atoms with Gasteiger partial charge in [0.05, 0.1) is 30.7 Å². The Morgan fingerprint density at radius 2 is 1.85 bits per heavy atom. The van der Waals surface area contributed by atoms with Crippen molar-refractivity contribution in [1.29, 1.82) is 0 Å². The molecule has 0 radical (unpaired) electrons. The fourth-order valence-corrected chi connectivity index (χ4v) is 4.08. The summed E-state index contributed by atoms with van der Waals surface area (Å²) in [6.07, 6.45) is 1.75. The maximum Gasteiger partial charge on any atom is 0.237 e. The van der Waals surface area contributed by atoms with Gasteiger partial charge in [0.25, 0.3) is 0 Å². The maximum atomic E-state index is 12.9. The van der Waals surface area contributed by atoms with Gasteiger partial charge in [0.15, 0.2) is 0 Å². The van der Waals surface area contributed by atoms with Crippen molar-refractivity contribution >= 4 is 17.7 Å². The molecule has 1 saturated heterocycles. The average Bonchev–Trinajstić information content (AvgIpc) is 2.72. The highest BCUT2D eigenvalue weighted by Gasteiger charge is 2.34. The highest BCUT2D eigenvalue weighted by molar-refractivity contribution is 5.87. The largest absolute Gasteiger partial charge is 0.390 e. The smallest absolute Gasteiger partial charge is 0.237 e. The van der Waals surface area contributed by atoms with Crippen molar-refractivity contribution < 1.29 is 19.5 Å². The number of rotatable bonds is 10. The first-order valence-corrected chi connectivity index (χ1v) is 11.6. The molecule has 1 aromatic rings. The molecule has 0 saturated carbocycles. The zero-order valence-electron chi connectivity index (χ0n) is 19.9. The van der Waals surface area contributed by atoms with Crippen molar-refractivity contribution in [2.24, 2.45) is 11.5 Å². The Morgan fingerprint density at radius 1 is 1.18 bits per heavy atom. The number of benzene rings is 1. The van der Waals surface area contributed by atoms with E-state index in [1.54, 1.807) is 0 Å². The lowest BCUT2D eigenvalue weighted by atomic mass is 9.96. The predicted molar refractivity (Wildman–Crippen MR) is 127 cm³/mol. The van der Waals surface area contributed by atoms with E-state index in [-0.39, 0.29) is 30.5 Å². The predicted octanol–water partition coefficient (Wildman–Crippen LogP) is 0.0467. The highest BCUT2D eigenvalue weighted by Crippen LogP contribution is 2.20. The molecular weight excluding hydrogens is 422 g/mol. The number of likely N-dealkylation sites (tertiary alicyclic amines) is 1. The molecule has 1 aliphatic rings. The van der Waals surface area contributed by atoms with Crippen molar-refractivity contribution in [3.8, 4) is 0 Å². The van der Waals surface area contributed by atoms with Gasteiger partial charge in [-0.25, -0.2) is 0 Å². The van der Waals surface area contributed by atoms with Crippen LogP contribution in [0.25, 0.3) is 0 Å². The Labute approximate surface area is 196 Å². The number of aliphatic hydroxyl groups is 1. The number of carbonyl (C=O) groups is 3. The standard InChI is InChI=1S/C24H39N5O4/c1-24(2,3)28-23(33)19-11-7-8-12-29(19)15-20(30)18(13-16-9-5-4-6-10-16)27-22(32)17(25)14-21(26)31/h4-6,9-10,17-20,30H,7-8,11-15,25H2,1-3H3,(H2,26,31)(H,27,32)(H,28,33)/t17-,18-,19-,20+/m0/s1. The van der Waals surface area contributed by atoms with Crippen LogP contribution < -0.4 is 22.1 Å². The Hall–Kier alpha value is -2.49. The van der Waals surface area contributed by atoms with E-state index in [1.165, 1.54) is 0 Å². The second kappa shape index (κ2) is 12.1. The van der Waals surface area contributed by atoms with E-state index in [4.69, 9.17) is 11.5 Å². The van der Waals surface area contributed by atoms with Crippen LogP contribution >= 0.6 is 0 Å². The van der Waals surface area contributed by atoms with Gasteiger partial charge in [-0.05, 0) is 52.1 Å². The summed E-state index contributed by atoms with van der Waals surface area (Å²) in [6, 6.07) is 7.42. The monoisotopic (exact) mass is 461 g/mol. The summed E-state index contributed by atoms with van der Waals surface area (Å²) in [7, 11) is 0. The second-order valence-corrected chi connectivity index (χ2v) is 9.89. The van der Waals surface area contributed by atoms with E-state index in [0.29, 0.717) is 19.4 Å². The van der Waals surface area contributed by atoms with Crippen molar-refractivity contribution in [3.63, 3.8) is 0 Å². The molecule has 1 aromatic carbocycles. The van der Waals surface area contributed by atoms with Gasteiger partial charge in [-0.15, -0.1) is 0 Å². The third-order valence-electron chi connectivity index (χ3n) is 5.68. The number of nitrogens with two attached hydrogens (primary N) is 2. The number of amides is 3. The van der Waals surface area contributed by atoms with Crippen molar-refractivity contribution in [2.75, 3.05) is 13.1 Å². The topological polar surface area (TPSA) is 151 Å². The van der Waals surface area contributed by atoms with E-state index in [2.05, 4.69) is 10.6 Å². The van der Waals surface area contributed by atoms with Crippen LogP contribution in [-0.2, 0) is 20.8 Å². The molecule has 9 nitrogen and oxygen atoms in total. The van der Waals surface area contributed by atoms with Gasteiger partial charge >= 0.3 is 0 Å². The molecule has 0 unspecified atom stereocenters. The van der Waals surface area contributed by atoms with Crippen molar-refractivity contribution in [1.82, 2.24) is 15.5 Å². The van der Waals surface area contributed by atoms with Crippen LogP contribution in [0.1, 0.15) is 52.0 Å². The molecule has 2 rings (SSSR count). The van der Waals surface area contributed by atoms with E-state index in [9.17, 15) is 19.5 Å². The van der Waals surface area contributed by atoms with Crippen LogP contribution in [0.5, 0.6) is 0 Å². The first kappa shape index (κ1) is 26.8. The van der Waals surface area contributed by atoms with E-state index < -0.39 is 30.0 Å². The van der Waals surface area contributed by atoms with Crippen molar-refractivity contribution in [2.45, 2.75) is 82.6 Å². The van der Waals surface area contributed by atoms with Gasteiger partial charge in [-0.3, -0.25) is 19.3 Å². The van der Waals surface area contributed by atoms with Crippen molar-refractivity contribution in [3.05, 3.63) is 35.9 Å². The summed E-state index contributed by atoms with van der Waals surface area (Å²) in [5.41, 5.74) is 11.6. The summed E-state index contributed by atoms with van der Waals surface area (Å²) in [4.78, 5) is 38.6. The van der Waals surface area contributed by atoms with Crippen LogP contribution in [0.2, 0.25) is 0 Å². The summed E-state index contributed by atoms with van der Waals surface area (Å²) >= 11 is 0. The van der Waals surface area contributed by atoms with Gasteiger partial charge in [0.1, 0.15) is 0 Å². The van der Waals surface area contributed by atoms with Crippen LogP contribution in [0.15, 0.2) is 30.3 Å². The number of nitrogens with one attached hydrogen (secondary N) is 2. The molecule has 7 N–H and O–H groups in total. The number of hydrogen-bond acceptors (Lipinski definition) is 6. The van der Waals surface area contributed by atoms with E-state index >= 15 is 0 Å².